The van der Waals surface area contributed by atoms with E-state index >= 15 is 0 Å². The van der Waals surface area contributed by atoms with Crippen LogP contribution in [0.2, 0.25) is 0 Å². The number of nitrogens with zero attached hydrogens (tertiary/aromatic N) is 1. The highest BCUT2D eigenvalue weighted by molar-refractivity contribution is 5.52. The largest absolute Gasteiger partial charge is 0.486 e. The topological polar surface area (TPSA) is 49.8 Å². The lowest BCUT2D eigenvalue weighted by molar-refractivity contribution is -0.216. The quantitative estimate of drug-likeness (QED) is 0.836. The molecule has 0 bridgehead atoms. The number of hydrogen-bond acceptors (Lipinski definition) is 4. The summed E-state index contributed by atoms with van der Waals surface area (Å²) in [7, 11) is 0. The third-order valence-electron chi connectivity index (χ3n) is 3.69. The summed E-state index contributed by atoms with van der Waals surface area (Å²) in [6.07, 6.45) is 0.723. The Bertz CT molecular complexity index is 480. The Morgan fingerprint density at radius 1 is 1.22 bits per heavy atom. The number of hydroxylamine groups is 2. The number of fused-ring (bicyclic) bond motifs is 1. The molecule has 0 aliphatic carbocycles. The van der Waals surface area contributed by atoms with Crippen molar-refractivity contribution in [3.63, 3.8) is 0 Å². The summed E-state index contributed by atoms with van der Waals surface area (Å²) in [6, 6.07) is 5.68. The fraction of sp³-hybridized carbons (Fsp3) is 0.500. The van der Waals surface area contributed by atoms with Gasteiger partial charge in [-0.1, -0.05) is 6.07 Å². The van der Waals surface area contributed by atoms with Crippen LogP contribution in [0.4, 0.5) is 0 Å². The molecule has 4 nitrogen and oxygen atoms in total. The summed E-state index contributed by atoms with van der Waals surface area (Å²) in [4.78, 5) is 10.3. The van der Waals surface area contributed by atoms with E-state index in [0.717, 1.165) is 17.4 Å². The van der Waals surface area contributed by atoms with E-state index < -0.39 is 11.1 Å². The SMILES string of the molecule is CC1(C)c2ccc(OCC=O)cc2C(C)(C)N1O. The Kier molecular flexibility index (Phi) is 2.95. The molecule has 4 heteroatoms. The molecular formula is C14H19NO3. The third-order valence-corrected chi connectivity index (χ3v) is 3.69. The average Bonchev–Trinajstić information content (AvgIpc) is 2.46. The van der Waals surface area contributed by atoms with Gasteiger partial charge in [0.25, 0.3) is 0 Å². The highest BCUT2D eigenvalue weighted by Gasteiger charge is 2.48. The van der Waals surface area contributed by atoms with Gasteiger partial charge in [-0.2, -0.15) is 5.06 Å². The second-order valence-corrected chi connectivity index (χ2v) is 5.61. The Morgan fingerprint density at radius 3 is 2.44 bits per heavy atom. The predicted octanol–water partition coefficient (Wildman–Crippen LogP) is 2.44. The van der Waals surface area contributed by atoms with Crippen molar-refractivity contribution in [3.05, 3.63) is 29.3 Å². The molecule has 0 amide bonds. The zero-order chi connectivity index (χ0) is 13.6. The Balaban J connectivity index is 2.48. The first-order valence-electron chi connectivity index (χ1n) is 6.02. The van der Waals surface area contributed by atoms with E-state index in [1.165, 1.54) is 5.06 Å². The second kappa shape index (κ2) is 4.07. The number of rotatable bonds is 3. The van der Waals surface area contributed by atoms with Crippen LogP contribution < -0.4 is 4.74 Å². The maximum atomic E-state index is 10.3. The minimum Gasteiger partial charge on any atom is -0.486 e. The number of ether oxygens (including phenoxy) is 1. The minimum absolute atomic E-state index is 0.0471. The fourth-order valence-corrected chi connectivity index (χ4v) is 2.71. The molecule has 1 aliphatic rings. The molecule has 1 N–H and O–H groups in total. The first-order valence-corrected chi connectivity index (χ1v) is 6.02. The van der Waals surface area contributed by atoms with Crippen molar-refractivity contribution in [2.24, 2.45) is 0 Å². The standard InChI is InChI=1S/C14H19NO3/c1-13(2)11-6-5-10(18-8-7-16)9-12(11)14(3,4)15(13)17/h5-7,9,17H,8H2,1-4H3. The predicted molar refractivity (Wildman–Crippen MR) is 67.7 cm³/mol. The number of aldehydes is 1. The highest BCUT2D eigenvalue weighted by atomic mass is 16.5. The molecular weight excluding hydrogens is 230 g/mol. The van der Waals surface area contributed by atoms with Crippen molar-refractivity contribution in [2.45, 2.75) is 38.8 Å². The van der Waals surface area contributed by atoms with Crippen molar-refractivity contribution < 1.29 is 14.7 Å². The molecule has 0 atom stereocenters. The van der Waals surface area contributed by atoms with Crippen molar-refractivity contribution >= 4 is 6.29 Å². The normalized spacial score (nSPS) is 20.5. The lowest BCUT2D eigenvalue weighted by Crippen LogP contribution is -2.42. The molecule has 0 unspecified atom stereocenters. The van der Waals surface area contributed by atoms with E-state index in [2.05, 4.69) is 0 Å². The fourth-order valence-electron chi connectivity index (χ4n) is 2.71. The van der Waals surface area contributed by atoms with Gasteiger partial charge in [0.15, 0.2) is 6.29 Å². The third kappa shape index (κ3) is 1.72. The van der Waals surface area contributed by atoms with Crippen LogP contribution >= 0.6 is 0 Å². The van der Waals surface area contributed by atoms with Gasteiger partial charge in [0.2, 0.25) is 0 Å². The summed E-state index contributed by atoms with van der Waals surface area (Å²) >= 11 is 0. The van der Waals surface area contributed by atoms with Crippen LogP contribution in [-0.4, -0.2) is 23.2 Å². The number of benzene rings is 1. The Morgan fingerprint density at radius 2 is 1.83 bits per heavy atom. The molecule has 2 rings (SSSR count). The number of carbonyl (C=O) groups is 1. The first kappa shape index (κ1) is 13.1. The molecule has 0 spiro atoms. The molecule has 1 aromatic carbocycles. The van der Waals surface area contributed by atoms with Gasteiger partial charge in [0, 0.05) is 0 Å². The lowest BCUT2D eigenvalue weighted by atomic mass is 9.90. The Hall–Kier alpha value is -1.39. The molecule has 0 radical (unpaired) electrons. The van der Waals surface area contributed by atoms with Crippen LogP contribution in [0, 0.1) is 0 Å². The average molecular weight is 249 g/mol. The van der Waals surface area contributed by atoms with E-state index in [1.807, 2.05) is 45.9 Å². The van der Waals surface area contributed by atoms with Crippen molar-refractivity contribution in [1.29, 1.82) is 0 Å². The molecule has 0 saturated heterocycles. The van der Waals surface area contributed by atoms with Crippen molar-refractivity contribution in [1.82, 2.24) is 5.06 Å². The zero-order valence-electron chi connectivity index (χ0n) is 11.2. The summed E-state index contributed by atoms with van der Waals surface area (Å²) in [5.74, 6) is 0.653. The van der Waals surface area contributed by atoms with Gasteiger partial charge < -0.3 is 9.94 Å². The zero-order valence-corrected chi connectivity index (χ0v) is 11.2. The summed E-state index contributed by atoms with van der Waals surface area (Å²) in [5.41, 5.74) is 1.20. The van der Waals surface area contributed by atoms with E-state index in [-0.39, 0.29) is 6.61 Å². The van der Waals surface area contributed by atoms with Crippen molar-refractivity contribution in [2.75, 3.05) is 6.61 Å². The molecule has 98 valence electrons. The molecule has 1 aromatic rings. The maximum Gasteiger partial charge on any atom is 0.157 e. The smallest absolute Gasteiger partial charge is 0.157 e. The first-order chi connectivity index (χ1) is 8.31. The lowest BCUT2D eigenvalue weighted by Gasteiger charge is -2.34. The summed E-state index contributed by atoms with van der Waals surface area (Å²) in [6.45, 7) is 7.93. The monoisotopic (exact) mass is 249 g/mol. The molecule has 1 heterocycles. The van der Waals surface area contributed by atoms with Crippen LogP contribution in [0.3, 0.4) is 0 Å². The molecule has 0 fully saturated rings. The molecule has 0 saturated carbocycles. The summed E-state index contributed by atoms with van der Waals surface area (Å²) < 4.78 is 5.31. The van der Waals surface area contributed by atoms with Crippen LogP contribution in [0.25, 0.3) is 0 Å². The van der Waals surface area contributed by atoms with Crippen LogP contribution in [0.1, 0.15) is 38.8 Å². The van der Waals surface area contributed by atoms with Gasteiger partial charge in [-0.05, 0) is 51.0 Å². The number of carbonyl (C=O) groups excluding carboxylic acids is 1. The van der Waals surface area contributed by atoms with Gasteiger partial charge in [-0.3, -0.25) is 4.79 Å². The Labute approximate surface area is 107 Å². The second-order valence-electron chi connectivity index (χ2n) is 5.61. The van der Waals surface area contributed by atoms with E-state index in [0.29, 0.717) is 5.75 Å². The maximum absolute atomic E-state index is 10.3. The van der Waals surface area contributed by atoms with Crippen LogP contribution in [0.5, 0.6) is 5.75 Å². The molecule has 0 aromatic heterocycles. The molecule has 18 heavy (non-hydrogen) atoms. The van der Waals surface area contributed by atoms with Gasteiger partial charge in [0.05, 0.1) is 11.1 Å². The van der Waals surface area contributed by atoms with Gasteiger partial charge in [-0.25, -0.2) is 0 Å². The minimum atomic E-state index is -0.473. The summed E-state index contributed by atoms with van der Waals surface area (Å²) in [5, 5.41) is 11.7. The van der Waals surface area contributed by atoms with Gasteiger partial charge in [-0.15, -0.1) is 0 Å². The van der Waals surface area contributed by atoms with Gasteiger partial charge in [0.1, 0.15) is 12.4 Å². The van der Waals surface area contributed by atoms with Crippen LogP contribution in [0.15, 0.2) is 18.2 Å². The van der Waals surface area contributed by atoms with E-state index in [1.54, 1.807) is 0 Å². The van der Waals surface area contributed by atoms with E-state index in [9.17, 15) is 10.0 Å². The number of hydrogen-bond donors (Lipinski definition) is 1. The highest BCUT2D eigenvalue weighted by Crippen LogP contribution is 2.48. The van der Waals surface area contributed by atoms with Crippen LogP contribution in [-0.2, 0) is 15.9 Å². The molecule has 1 aliphatic heterocycles. The van der Waals surface area contributed by atoms with Crippen molar-refractivity contribution in [3.8, 4) is 5.75 Å². The van der Waals surface area contributed by atoms with Gasteiger partial charge >= 0.3 is 0 Å². The van der Waals surface area contributed by atoms with E-state index in [4.69, 9.17) is 4.74 Å².